The number of nitrogens with zero attached hydrogens (tertiary/aromatic N) is 1. The van der Waals surface area contributed by atoms with Gasteiger partial charge in [-0.3, -0.25) is 0 Å². The first kappa shape index (κ1) is 15.8. The van der Waals surface area contributed by atoms with E-state index >= 15 is 0 Å². The van der Waals surface area contributed by atoms with Crippen LogP contribution >= 0.6 is 0 Å². The van der Waals surface area contributed by atoms with Gasteiger partial charge in [0.25, 0.3) is 0 Å². The number of benzene rings is 1. The van der Waals surface area contributed by atoms with Crippen molar-refractivity contribution in [2.75, 3.05) is 19.6 Å². The second kappa shape index (κ2) is 7.41. The van der Waals surface area contributed by atoms with Crippen LogP contribution in [0.25, 0.3) is 0 Å². The van der Waals surface area contributed by atoms with Crippen molar-refractivity contribution < 1.29 is 9.18 Å². The van der Waals surface area contributed by atoms with Gasteiger partial charge in [-0.2, -0.15) is 0 Å². The summed E-state index contributed by atoms with van der Waals surface area (Å²) in [5, 5.41) is 6.30. The molecule has 2 atom stereocenters. The molecule has 21 heavy (non-hydrogen) atoms. The van der Waals surface area contributed by atoms with Crippen molar-refractivity contribution in [3.63, 3.8) is 0 Å². The van der Waals surface area contributed by atoms with E-state index in [2.05, 4.69) is 10.6 Å². The van der Waals surface area contributed by atoms with E-state index in [4.69, 9.17) is 0 Å². The highest BCUT2D eigenvalue weighted by atomic mass is 19.1. The van der Waals surface area contributed by atoms with Crippen LogP contribution in [-0.4, -0.2) is 36.6 Å². The van der Waals surface area contributed by atoms with Gasteiger partial charge in [0.2, 0.25) is 0 Å². The van der Waals surface area contributed by atoms with E-state index in [1.54, 1.807) is 6.07 Å². The molecule has 116 valence electrons. The molecule has 2 N–H and O–H groups in total. The standard InChI is InChI=1S/C16H24FN3O/c1-3-15(13-7-5-6-8-14(13)17)19-12-9-10-20(11-12)16(21)18-4-2/h5-8,12,15,19H,3-4,9-11H2,1-2H3,(H,18,21). The number of urea groups is 1. The Morgan fingerprint density at radius 2 is 2.19 bits per heavy atom. The van der Waals surface area contributed by atoms with Crippen molar-refractivity contribution in [2.24, 2.45) is 0 Å². The minimum absolute atomic E-state index is 0.00890. The Bertz CT molecular complexity index is 480. The van der Waals surface area contributed by atoms with Crippen molar-refractivity contribution in [3.05, 3.63) is 35.6 Å². The SMILES string of the molecule is CCNC(=O)N1CCC(NC(CC)c2ccccc2F)C1. The summed E-state index contributed by atoms with van der Waals surface area (Å²) in [7, 11) is 0. The minimum Gasteiger partial charge on any atom is -0.338 e. The van der Waals surface area contributed by atoms with Gasteiger partial charge in [0.15, 0.2) is 0 Å². The molecule has 5 heteroatoms. The molecule has 1 aliphatic rings. The maximum absolute atomic E-state index is 13.9. The average molecular weight is 293 g/mol. The minimum atomic E-state index is -0.171. The van der Waals surface area contributed by atoms with Gasteiger partial charge < -0.3 is 15.5 Å². The molecule has 0 spiro atoms. The molecule has 2 unspecified atom stereocenters. The molecular formula is C16H24FN3O. The Morgan fingerprint density at radius 1 is 1.43 bits per heavy atom. The van der Waals surface area contributed by atoms with E-state index < -0.39 is 0 Å². The lowest BCUT2D eigenvalue weighted by molar-refractivity contribution is 0.208. The first-order valence-electron chi connectivity index (χ1n) is 7.69. The molecule has 2 rings (SSSR count). The highest BCUT2D eigenvalue weighted by Crippen LogP contribution is 2.22. The summed E-state index contributed by atoms with van der Waals surface area (Å²) in [6.07, 6.45) is 1.72. The summed E-state index contributed by atoms with van der Waals surface area (Å²) in [4.78, 5) is 13.6. The predicted octanol–water partition coefficient (Wildman–Crippen LogP) is 2.67. The van der Waals surface area contributed by atoms with E-state index in [0.717, 1.165) is 19.4 Å². The van der Waals surface area contributed by atoms with Gasteiger partial charge in [-0.1, -0.05) is 25.1 Å². The fraction of sp³-hybridized carbons (Fsp3) is 0.562. The quantitative estimate of drug-likeness (QED) is 0.876. The van der Waals surface area contributed by atoms with Gasteiger partial charge in [-0.15, -0.1) is 0 Å². The van der Waals surface area contributed by atoms with Gasteiger partial charge in [-0.05, 0) is 25.8 Å². The van der Waals surface area contributed by atoms with Crippen LogP contribution in [-0.2, 0) is 0 Å². The lowest BCUT2D eigenvalue weighted by Gasteiger charge is -2.23. The molecule has 1 aromatic rings. The van der Waals surface area contributed by atoms with Crippen molar-refractivity contribution in [1.82, 2.24) is 15.5 Å². The molecule has 0 bridgehead atoms. The van der Waals surface area contributed by atoms with Crippen LogP contribution in [0.15, 0.2) is 24.3 Å². The van der Waals surface area contributed by atoms with Crippen molar-refractivity contribution in [2.45, 2.75) is 38.8 Å². The summed E-state index contributed by atoms with van der Waals surface area (Å²) in [5.74, 6) is -0.171. The second-order valence-corrected chi connectivity index (χ2v) is 5.42. The number of hydrogen-bond donors (Lipinski definition) is 2. The highest BCUT2D eigenvalue weighted by Gasteiger charge is 2.28. The van der Waals surface area contributed by atoms with E-state index in [1.165, 1.54) is 6.07 Å². The zero-order chi connectivity index (χ0) is 15.2. The first-order chi connectivity index (χ1) is 10.2. The van der Waals surface area contributed by atoms with Gasteiger partial charge in [0, 0.05) is 37.3 Å². The van der Waals surface area contributed by atoms with E-state index in [-0.39, 0.29) is 23.9 Å². The molecule has 0 aliphatic carbocycles. The fourth-order valence-electron chi connectivity index (χ4n) is 2.81. The maximum Gasteiger partial charge on any atom is 0.317 e. The molecule has 1 aromatic carbocycles. The number of carbonyl (C=O) groups excluding carboxylic acids is 1. The monoisotopic (exact) mass is 293 g/mol. The highest BCUT2D eigenvalue weighted by molar-refractivity contribution is 5.74. The molecule has 0 radical (unpaired) electrons. The van der Waals surface area contributed by atoms with Gasteiger partial charge >= 0.3 is 6.03 Å². The van der Waals surface area contributed by atoms with Crippen LogP contribution in [0.1, 0.15) is 38.3 Å². The Hall–Kier alpha value is -1.62. The summed E-state index contributed by atoms with van der Waals surface area (Å²) >= 11 is 0. The Labute approximate surface area is 125 Å². The number of likely N-dealkylation sites (tertiary alicyclic amines) is 1. The van der Waals surface area contributed by atoms with E-state index in [0.29, 0.717) is 18.7 Å². The van der Waals surface area contributed by atoms with Crippen molar-refractivity contribution in [3.8, 4) is 0 Å². The zero-order valence-corrected chi connectivity index (χ0v) is 12.7. The van der Waals surface area contributed by atoms with E-state index in [1.807, 2.05) is 30.9 Å². The van der Waals surface area contributed by atoms with Gasteiger partial charge in [0.1, 0.15) is 5.82 Å². The summed E-state index contributed by atoms with van der Waals surface area (Å²) in [6.45, 7) is 6.02. The molecule has 1 fully saturated rings. The summed E-state index contributed by atoms with van der Waals surface area (Å²) < 4.78 is 13.9. The molecule has 0 aromatic heterocycles. The number of rotatable bonds is 5. The third kappa shape index (κ3) is 3.94. The van der Waals surface area contributed by atoms with Crippen LogP contribution in [0.4, 0.5) is 9.18 Å². The third-order valence-electron chi connectivity index (χ3n) is 3.93. The number of amides is 2. The Balaban J connectivity index is 1.95. The summed E-state index contributed by atoms with van der Waals surface area (Å²) in [6, 6.07) is 7.09. The number of carbonyl (C=O) groups is 1. The largest absolute Gasteiger partial charge is 0.338 e. The molecule has 2 amide bonds. The topological polar surface area (TPSA) is 44.4 Å². The third-order valence-corrected chi connectivity index (χ3v) is 3.93. The smallest absolute Gasteiger partial charge is 0.317 e. The molecular weight excluding hydrogens is 269 g/mol. The molecule has 0 saturated carbocycles. The van der Waals surface area contributed by atoms with Crippen LogP contribution in [0.2, 0.25) is 0 Å². The van der Waals surface area contributed by atoms with Gasteiger partial charge in [-0.25, -0.2) is 9.18 Å². The van der Waals surface area contributed by atoms with Crippen LogP contribution < -0.4 is 10.6 Å². The average Bonchev–Trinajstić information content (AvgIpc) is 2.94. The Kier molecular flexibility index (Phi) is 5.56. The number of halogens is 1. The van der Waals surface area contributed by atoms with Crippen LogP contribution in [0.5, 0.6) is 0 Å². The van der Waals surface area contributed by atoms with Gasteiger partial charge in [0.05, 0.1) is 0 Å². The lowest BCUT2D eigenvalue weighted by atomic mass is 10.0. The second-order valence-electron chi connectivity index (χ2n) is 5.42. The van der Waals surface area contributed by atoms with Crippen LogP contribution in [0, 0.1) is 5.82 Å². The maximum atomic E-state index is 13.9. The van der Waals surface area contributed by atoms with Crippen molar-refractivity contribution >= 4 is 6.03 Å². The zero-order valence-electron chi connectivity index (χ0n) is 12.7. The Morgan fingerprint density at radius 3 is 2.86 bits per heavy atom. The van der Waals surface area contributed by atoms with Crippen molar-refractivity contribution in [1.29, 1.82) is 0 Å². The first-order valence-corrected chi connectivity index (χ1v) is 7.69. The van der Waals surface area contributed by atoms with E-state index in [9.17, 15) is 9.18 Å². The normalized spacial score (nSPS) is 19.6. The fourth-order valence-corrected chi connectivity index (χ4v) is 2.81. The lowest BCUT2D eigenvalue weighted by Crippen LogP contribution is -2.41. The molecule has 1 aliphatic heterocycles. The molecule has 1 heterocycles. The summed E-state index contributed by atoms with van der Waals surface area (Å²) in [5.41, 5.74) is 0.705. The number of nitrogens with one attached hydrogen (secondary N) is 2. The number of hydrogen-bond acceptors (Lipinski definition) is 2. The predicted molar refractivity (Wildman–Crippen MR) is 81.6 cm³/mol. The molecule has 4 nitrogen and oxygen atoms in total. The molecule has 1 saturated heterocycles. The van der Waals surface area contributed by atoms with Crippen LogP contribution in [0.3, 0.4) is 0 Å².